The number of methoxy groups -OCH3 is 2. The van der Waals surface area contributed by atoms with Crippen LogP contribution in [0.3, 0.4) is 0 Å². The highest BCUT2D eigenvalue weighted by atomic mass is 16.5. The maximum absolute atomic E-state index is 5.24. The molecule has 2 N–H and O–H groups in total. The summed E-state index contributed by atoms with van der Waals surface area (Å²) in [6.45, 7) is 4.39. The van der Waals surface area contributed by atoms with Crippen LogP contribution in [-0.2, 0) is 12.8 Å². The number of hydrogen-bond acceptors (Lipinski definition) is 4. The van der Waals surface area contributed by atoms with E-state index in [2.05, 4.69) is 45.9 Å². The number of H-pyrrole nitrogens is 2. The summed E-state index contributed by atoms with van der Waals surface area (Å²) < 4.78 is 10.5. The maximum atomic E-state index is 5.24. The van der Waals surface area contributed by atoms with Crippen LogP contribution in [0.5, 0.6) is 11.5 Å². The molecule has 0 unspecified atom stereocenters. The largest absolute Gasteiger partial charge is 0.497 e. The fourth-order valence-electron chi connectivity index (χ4n) is 4.11. The molecule has 0 saturated heterocycles. The first-order valence-corrected chi connectivity index (χ1v) is 12.4. The molecular weight excluding hydrogens is 448 g/mol. The van der Waals surface area contributed by atoms with Gasteiger partial charge in [-0.2, -0.15) is 0 Å². The molecule has 0 saturated carbocycles. The lowest BCUT2D eigenvalue weighted by molar-refractivity contribution is 0.415. The van der Waals surface area contributed by atoms with E-state index in [0.717, 1.165) is 71.3 Å². The maximum Gasteiger partial charge on any atom is 0.119 e. The van der Waals surface area contributed by atoms with Gasteiger partial charge in [0.25, 0.3) is 0 Å². The number of nitrogens with one attached hydrogen (secondary N) is 2. The first kappa shape index (κ1) is 25.0. The third kappa shape index (κ3) is 6.13. The molecular formula is C30H34N4O2. The van der Waals surface area contributed by atoms with Crippen molar-refractivity contribution in [1.29, 1.82) is 0 Å². The van der Waals surface area contributed by atoms with Crippen molar-refractivity contribution >= 4 is 23.8 Å². The summed E-state index contributed by atoms with van der Waals surface area (Å²) in [5.41, 5.74) is 8.44. The molecule has 2 aromatic heterocycles. The SMILES string of the molecule is CCCc1cc(-c2cc(CCC)c(C=Nc3ccc(OC)cc3)[nH]2)[nH]c1C=Nc1ccc(OC)cc1. The molecule has 186 valence electrons. The van der Waals surface area contributed by atoms with Crippen molar-refractivity contribution in [2.45, 2.75) is 39.5 Å². The van der Waals surface area contributed by atoms with E-state index >= 15 is 0 Å². The zero-order chi connectivity index (χ0) is 25.3. The molecule has 4 aromatic rings. The van der Waals surface area contributed by atoms with Gasteiger partial charge in [0, 0.05) is 0 Å². The van der Waals surface area contributed by atoms with Crippen LogP contribution in [0.4, 0.5) is 11.4 Å². The minimum atomic E-state index is 0.823. The van der Waals surface area contributed by atoms with Gasteiger partial charge in [-0.3, -0.25) is 9.98 Å². The van der Waals surface area contributed by atoms with E-state index in [1.165, 1.54) is 11.1 Å². The second-order valence-corrected chi connectivity index (χ2v) is 8.66. The standard InChI is InChI=1S/C30H34N4O2/c1-5-7-21-17-27(33-29(21)19-31-23-9-13-25(35-3)14-10-23)28-18-22(8-6-2)30(34-28)20-32-24-11-15-26(36-4)16-12-24/h9-20,33-34H,5-8H2,1-4H3. The highest BCUT2D eigenvalue weighted by molar-refractivity contribution is 5.86. The van der Waals surface area contributed by atoms with E-state index in [0.29, 0.717) is 0 Å². The summed E-state index contributed by atoms with van der Waals surface area (Å²) in [4.78, 5) is 16.5. The zero-order valence-corrected chi connectivity index (χ0v) is 21.5. The van der Waals surface area contributed by atoms with Gasteiger partial charge >= 0.3 is 0 Å². The van der Waals surface area contributed by atoms with Gasteiger partial charge in [0.1, 0.15) is 11.5 Å². The lowest BCUT2D eigenvalue weighted by Gasteiger charge is -1.99. The quantitative estimate of drug-likeness (QED) is 0.218. The molecule has 0 aliphatic carbocycles. The summed E-state index contributed by atoms with van der Waals surface area (Å²) in [6.07, 6.45) is 7.92. The summed E-state index contributed by atoms with van der Waals surface area (Å²) in [5, 5.41) is 0. The Morgan fingerprint density at radius 2 is 1.03 bits per heavy atom. The van der Waals surface area contributed by atoms with E-state index in [4.69, 9.17) is 9.47 Å². The van der Waals surface area contributed by atoms with E-state index in [1.807, 2.05) is 61.0 Å². The van der Waals surface area contributed by atoms with E-state index in [-0.39, 0.29) is 0 Å². The number of rotatable bonds is 11. The van der Waals surface area contributed by atoms with Crippen LogP contribution in [0.15, 0.2) is 70.6 Å². The Labute approximate surface area is 213 Å². The first-order valence-electron chi connectivity index (χ1n) is 12.4. The predicted molar refractivity (Wildman–Crippen MR) is 149 cm³/mol. The number of aryl methyl sites for hydroxylation is 2. The third-order valence-corrected chi connectivity index (χ3v) is 6.03. The van der Waals surface area contributed by atoms with Gasteiger partial charge in [-0.05, 0) is 84.6 Å². The second kappa shape index (κ2) is 12.1. The van der Waals surface area contributed by atoms with Crippen molar-refractivity contribution in [2.24, 2.45) is 9.98 Å². The Morgan fingerprint density at radius 1 is 0.639 bits per heavy atom. The lowest BCUT2D eigenvalue weighted by atomic mass is 10.1. The Kier molecular flexibility index (Phi) is 8.40. The fraction of sp³-hybridized carbons (Fsp3) is 0.267. The molecule has 0 aliphatic heterocycles. The van der Waals surface area contributed by atoms with Crippen molar-refractivity contribution in [2.75, 3.05) is 14.2 Å². The van der Waals surface area contributed by atoms with E-state index in [9.17, 15) is 0 Å². The van der Waals surface area contributed by atoms with Gasteiger partial charge in [-0.15, -0.1) is 0 Å². The summed E-state index contributed by atoms with van der Waals surface area (Å²) >= 11 is 0. The molecule has 6 heteroatoms. The van der Waals surface area contributed by atoms with E-state index < -0.39 is 0 Å². The molecule has 36 heavy (non-hydrogen) atoms. The number of aromatic nitrogens is 2. The summed E-state index contributed by atoms with van der Waals surface area (Å²) in [6, 6.07) is 19.9. The van der Waals surface area contributed by atoms with Gasteiger partial charge < -0.3 is 19.4 Å². The summed E-state index contributed by atoms with van der Waals surface area (Å²) in [7, 11) is 3.33. The normalized spacial score (nSPS) is 11.6. The Bertz CT molecular complexity index is 1210. The van der Waals surface area contributed by atoms with E-state index in [1.54, 1.807) is 14.2 Å². The van der Waals surface area contributed by atoms with Gasteiger partial charge in [0.15, 0.2) is 0 Å². The molecule has 6 nitrogen and oxygen atoms in total. The molecule has 0 spiro atoms. The van der Waals surface area contributed by atoms with Crippen LogP contribution in [0.2, 0.25) is 0 Å². The topological polar surface area (TPSA) is 74.8 Å². The number of nitrogens with zero attached hydrogens (tertiary/aromatic N) is 2. The Balaban J connectivity index is 1.61. The Hall–Kier alpha value is -4.06. The molecule has 2 aromatic carbocycles. The molecule has 4 rings (SSSR count). The first-order chi connectivity index (χ1) is 17.6. The van der Waals surface area contributed by atoms with Gasteiger partial charge in [-0.1, -0.05) is 26.7 Å². The monoisotopic (exact) mass is 482 g/mol. The second-order valence-electron chi connectivity index (χ2n) is 8.66. The molecule has 0 atom stereocenters. The van der Waals surface area contributed by atoms with Gasteiger partial charge in [0.2, 0.25) is 0 Å². The van der Waals surface area contributed by atoms with Crippen molar-refractivity contribution < 1.29 is 9.47 Å². The van der Waals surface area contributed by atoms with Crippen LogP contribution in [-0.4, -0.2) is 36.6 Å². The fourth-order valence-corrected chi connectivity index (χ4v) is 4.11. The van der Waals surface area contributed by atoms with Crippen LogP contribution in [0.1, 0.15) is 49.2 Å². The van der Waals surface area contributed by atoms with Crippen LogP contribution in [0.25, 0.3) is 11.4 Å². The average Bonchev–Trinajstić information content (AvgIpc) is 3.51. The average molecular weight is 483 g/mol. The van der Waals surface area contributed by atoms with Crippen molar-refractivity contribution in [3.05, 3.63) is 83.2 Å². The van der Waals surface area contributed by atoms with Crippen LogP contribution < -0.4 is 9.47 Å². The number of hydrogen-bond donors (Lipinski definition) is 2. The van der Waals surface area contributed by atoms with Gasteiger partial charge in [-0.25, -0.2) is 0 Å². The lowest BCUT2D eigenvalue weighted by Crippen LogP contribution is -1.90. The highest BCUT2D eigenvalue weighted by Crippen LogP contribution is 2.26. The molecule has 0 radical (unpaired) electrons. The van der Waals surface area contributed by atoms with Crippen LogP contribution in [0, 0.1) is 0 Å². The minimum Gasteiger partial charge on any atom is -0.497 e. The number of aromatic amines is 2. The highest BCUT2D eigenvalue weighted by Gasteiger charge is 2.12. The third-order valence-electron chi connectivity index (χ3n) is 6.03. The smallest absolute Gasteiger partial charge is 0.119 e. The predicted octanol–water partition coefficient (Wildman–Crippen LogP) is 7.43. The zero-order valence-electron chi connectivity index (χ0n) is 21.5. The molecule has 2 heterocycles. The number of ether oxygens (including phenoxy) is 2. The Morgan fingerprint density at radius 3 is 1.36 bits per heavy atom. The summed E-state index contributed by atoms with van der Waals surface area (Å²) in [5.74, 6) is 1.65. The minimum absolute atomic E-state index is 0.823. The molecule has 0 bridgehead atoms. The number of aliphatic imine (C=N–C) groups is 2. The van der Waals surface area contributed by atoms with Crippen molar-refractivity contribution in [3.63, 3.8) is 0 Å². The molecule has 0 fully saturated rings. The van der Waals surface area contributed by atoms with Crippen molar-refractivity contribution in [1.82, 2.24) is 9.97 Å². The van der Waals surface area contributed by atoms with Crippen molar-refractivity contribution in [3.8, 4) is 22.9 Å². The molecule has 0 aliphatic rings. The molecule has 0 amide bonds. The number of benzene rings is 2. The van der Waals surface area contributed by atoms with Gasteiger partial charge in [0.05, 0.1) is 60.8 Å². The van der Waals surface area contributed by atoms with Crippen LogP contribution >= 0.6 is 0 Å².